The summed E-state index contributed by atoms with van der Waals surface area (Å²) in [5.41, 5.74) is 0. The van der Waals surface area contributed by atoms with E-state index in [4.69, 9.17) is 5.84 Å². The second-order valence-electron chi connectivity index (χ2n) is 3.15. The molecule has 0 radical (unpaired) electrons. The molecule has 1 aliphatic rings. The average Bonchev–Trinajstić information content (AvgIpc) is 2.82. The van der Waals surface area contributed by atoms with Gasteiger partial charge in [0.1, 0.15) is 5.82 Å². The maximum absolute atomic E-state index is 5.68. The molecule has 4 nitrogen and oxygen atoms in total. The number of aromatic nitrogens is 3. The molecule has 1 heterocycles. The lowest BCUT2D eigenvalue weighted by atomic mass is 10.5. The molecular formula is C7H12N4S. The Kier molecular flexibility index (Phi) is 1.96. The van der Waals surface area contributed by atoms with Crippen molar-refractivity contribution in [2.75, 3.05) is 11.6 Å². The molecule has 2 N–H and O–H groups in total. The van der Waals surface area contributed by atoms with Gasteiger partial charge in [-0.15, -0.1) is 10.2 Å². The van der Waals surface area contributed by atoms with Crippen LogP contribution in [0.1, 0.15) is 18.7 Å². The minimum absolute atomic E-state index is 0.772. The van der Waals surface area contributed by atoms with Crippen LogP contribution in [0.15, 0.2) is 5.16 Å². The first-order chi connectivity index (χ1) is 5.77. The predicted molar refractivity (Wildman–Crippen MR) is 48.4 cm³/mol. The fourth-order valence-electron chi connectivity index (χ4n) is 0.925. The normalized spacial score (nSPS) is 16.8. The Labute approximate surface area is 75.5 Å². The molecule has 5 heteroatoms. The summed E-state index contributed by atoms with van der Waals surface area (Å²) in [4.78, 5) is 0. The molecule has 1 saturated carbocycles. The second-order valence-corrected chi connectivity index (χ2v) is 4.14. The highest BCUT2D eigenvalue weighted by Gasteiger charge is 2.22. The molecule has 0 amide bonds. The number of nitrogens with two attached hydrogens (primary N) is 1. The van der Waals surface area contributed by atoms with E-state index in [1.54, 1.807) is 16.4 Å². The van der Waals surface area contributed by atoms with E-state index < -0.39 is 0 Å². The summed E-state index contributed by atoms with van der Waals surface area (Å²) >= 11 is 1.70. The van der Waals surface area contributed by atoms with Crippen molar-refractivity contribution in [1.29, 1.82) is 0 Å². The van der Waals surface area contributed by atoms with Gasteiger partial charge in [0.25, 0.3) is 0 Å². The second kappa shape index (κ2) is 2.97. The number of hydrogen-bond acceptors (Lipinski definition) is 4. The summed E-state index contributed by atoms with van der Waals surface area (Å²) in [6.45, 7) is 1.86. The Morgan fingerprint density at radius 2 is 2.33 bits per heavy atom. The van der Waals surface area contributed by atoms with Crippen LogP contribution in [0.3, 0.4) is 0 Å². The Morgan fingerprint density at radius 3 is 2.83 bits per heavy atom. The first-order valence-corrected chi connectivity index (χ1v) is 5.06. The maximum atomic E-state index is 5.68. The van der Waals surface area contributed by atoms with Gasteiger partial charge in [-0.05, 0) is 25.7 Å². The molecule has 12 heavy (non-hydrogen) atoms. The van der Waals surface area contributed by atoms with Crippen LogP contribution >= 0.6 is 11.8 Å². The summed E-state index contributed by atoms with van der Waals surface area (Å²) in [5.74, 6) is 8.48. The zero-order chi connectivity index (χ0) is 8.55. The van der Waals surface area contributed by atoms with E-state index in [0.29, 0.717) is 0 Å². The Balaban J connectivity index is 1.96. The van der Waals surface area contributed by atoms with Crippen LogP contribution in [0.25, 0.3) is 0 Å². The quantitative estimate of drug-likeness (QED) is 0.557. The molecule has 1 fully saturated rings. The van der Waals surface area contributed by atoms with Gasteiger partial charge in [-0.3, -0.25) is 0 Å². The molecule has 66 valence electrons. The van der Waals surface area contributed by atoms with E-state index >= 15 is 0 Å². The van der Waals surface area contributed by atoms with Crippen molar-refractivity contribution < 1.29 is 0 Å². The first kappa shape index (κ1) is 7.91. The molecule has 1 aromatic heterocycles. The van der Waals surface area contributed by atoms with Crippen LogP contribution in [-0.4, -0.2) is 20.6 Å². The lowest BCUT2D eigenvalue weighted by Gasteiger charge is -1.98. The monoisotopic (exact) mass is 184 g/mol. The minimum atomic E-state index is 0.772. The van der Waals surface area contributed by atoms with Gasteiger partial charge in [0, 0.05) is 5.75 Å². The number of thioether (sulfide) groups is 1. The average molecular weight is 184 g/mol. The fourth-order valence-corrected chi connectivity index (χ4v) is 2.01. The van der Waals surface area contributed by atoms with Gasteiger partial charge in [0.05, 0.1) is 0 Å². The number of rotatable bonds is 3. The topological polar surface area (TPSA) is 56.7 Å². The first-order valence-electron chi connectivity index (χ1n) is 4.07. The molecule has 0 unspecified atom stereocenters. The Hall–Kier alpha value is -0.710. The van der Waals surface area contributed by atoms with Crippen molar-refractivity contribution in [3.05, 3.63) is 5.82 Å². The maximum Gasteiger partial charge on any atom is 0.209 e. The summed E-state index contributed by atoms with van der Waals surface area (Å²) in [6, 6.07) is 0. The van der Waals surface area contributed by atoms with Gasteiger partial charge in [0.2, 0.25) is 5.16 Å². The predicted octanol–water partition coefficient (Wildman–Crippen LogP) is 0.802. The van der Waals surface area contributed by atoms with Gasteiger partial charge >= 0.3 is 0 Å². The summed E-state index contributed by atoms with van der Waals surface area (Å²) in [5, 5.41) is 8.68. The van der Waals surface area contributed by atoms with Crippen LogP contribution in [0.2, 0.25) is 0 Å². The lowest BCUT2D eigenvalue weighted by molar-refractivity contribution is 0.822. The number of nitrogens with zero attached hydrogens (tertiary/aromatic N) is 3. The number of hydrogen-bond donors (Lipinski definition) is 1. The van der Waals surface area contributed by atoms with Gasteiger partial charge in [-0.25, -0.2) is 4.68 Å². The Morgan fingerprint density at radius 1 is 1.58 bits per heavy atom. The zero-order valence-electron chi connectivity index (χ0n) is 7.03. The van der Waals surface area contributed by atoms with E-state index in [-0.39, 0.29) is 0 Å². The molecular weight excluding hydrogens is 172 g/mol. The zero-order valence-corrected chi connectivity index (χ0v) is 7.84. The van der Waals surface area contributed by atoms with Gasteiger partial charge in [-0.2, -0.15) is 0 Å². The molecule has 0 saturated heterocycles. The van der Waals surface area contributed by atoms with Crippen molar-refractivity contribution in [2.45, 2.75) is 24.9 Å². The molecule has 1 aliphatic carbocycles. The summed E-state index contributed by atoms with van der Waals surface area (Å²) in [6.07, 6.45) is 2.73. The van der Waals surface area contributed by atoms with Crippen molar-refractivity contribution in [2.24, 2.45) is 5.92 Å². The Bertz CT molecular complexity index is 279. The molecule has 0 bridgehead atoms. The van der Waals surface area contributed by atoms with Crippen molar-refractivity contribution in [3.8, 4) is 0 Å². The van der Waals surface area contributed by atoms with Crippen LogP contribution in [-0.2, 0) is 0 Å². The van der Waals surface area contributed by atoms with Crippen LogP contribution in [0.5, 0.6) is 0 Å². The molecule has 1 aromatic rings. The highest BCUT2D eigenvalue weighted by molar-refractivity contribution is 7.99. The van der Waals surface area contributed by atoms with E-state index in [1.165, 1.54) is 12.8 Å². The molecule has 0 aromatic carbocycles. The van der Waals surface area contributed by atoms with Crippen LogP contribution < -0.4 is 5.84 Å². The summed E-state index contributed by atoms with van der Waals surface area (Å²) in [7, 11) is 0. The van der Waals surface area contributed by atoms with Gasteiger partial charge < -0.3 is 5.84 Å². The SMILES string of the molecule is Cc1nnc(SCC2CC2)n1N. The van der Waals surface area contributed by atoms with Crippen molar-refractivity contribution in [3.63, 3.8) is 0 Å². The molecule has 0 atom stereocenters. The van der Waals surface area contributed by atoms with Crippen molar-refractivity contribution >= 4 is 11.8 Å². The number of nitrogen functional groups attached to an aromatic ring is 1. The van der Waals surface area contributed by atoms with Gasteiger partial charge in [0.15, 0.2) is 0 Å². The third kappa shape index (κ3) is 1.55. The van der Waals surface area contributed by atoms with Crippen LogP contribution in [0, 0.1) is 12.8 Å². The molecule has 0 aliphatic heterocycles. The molecule has 0 spiro atoms. The summed E-state index contributed by atoms with van der Waals surface area (Å²) < 4.78 is 1.55. The van der Waals surface area contributed by atoms with Crippen LogP contribution in [0.4, 0.5) is 0 Å². The fraction of sp³-hybridized carbons (Fsp3) is 0.714. The van der Waals surface area contributed by atoms with E-state index in [2.05, 4.69) is 10.2 Å². The van der Waals surface area contributed by atoms with E-state index in [1.807, 2.05) is 6.92 Å². The number of aryl methyl sites for hydroxylation is 1. The van der Waals surface area contributed by atoms with E-state index in [9.17, 15) is 0 Å². The minimum Gasteiger partial charge on any atom is -0.336 e. The van der Waals surface area contributed by atoms with Crippen molar-refractivity contribution in [1.82, 2.24) is 14.9 Å². The van der Waals surface area contributed by atoms with Gasteiger partial charge in [-0.1, -0.05) is 11.8 Å². The lowest BCUT2D eigenvalue weighted by Crippen LogP contribution is -2.11. The van der Waals surface area contributed by atoms with E-state index in [0.717, 1.165) is 22.7 Å². The largest absolute Gasteiger partial charge is 0.336 e. The third-order valence-corrected chi connectivity index (χ3v) is 3.15. The molecule has 2 rings (SSSR count). The highest BCUT2D eigenvalue weighted by Crippen LogP contribution is 2.34. The highest BCUT2D eigenvalue weighted by atomic mass is 32.2. The standard InChI is InChI=1S/C7H12N4S/c1-5-9-10-7(11(5)8)12-4-6-2-3-6/h6H,2-4,8H2,1H3. The third-order valence-electron chi connectivity index (χ3n) is 1.98. The smallest absolute Gasteiger partial charge is 0.209 e.